The number of benzene rings is 1. The Morgan fingerprint density at radius 2 is 1.84 bits per heavy atom. The predicted octanol–water partition coefficient (Wildman–Crippen LogP) is 4.55. The zero-order chi connectivity index (χ0) is 21.5. The summed E-state index contributed by atoms with van der Waals surface area (Å²) in [5, 5.41) is 24.4. The summed E-state index contributed by atoms with van der Waals surface area (Å²) in [4.78, 5) is 8.23. The van der Waals surface area contributed by atoms with Gasteiger partial charge in [-0.25, -0.2) is 9.97 Å². The highest BCUT2D eigenvalue weighted by atomic mass is 16.5. The summed E-state index contributed by atoms with van der Waals surface area (Å²) in [6, 6.07) is 11.7. The second-order valence-electron chi connectivity index (χ2n) is 7.63. The van der Waals surface area contributed by atoms with Crippen LogP contribution in [0.1, 0.15) is 37.8 Å². The van der Waals surface area contributed by atoms with Crippen molar-refractivity contribution in [2.24, 2.45) is 5.92 Å². The number of nitrogens with one attached hydrogen (secondary N) is 2. The van der Waals surface area contributed by atoms with Crippen LogP contribution in [0.4, 0.5) is 17.3 Å². The molecule has 3 aromatic rings. The van der Waals surface area contributed by atoms with Gasteiger partial charge in [-0.05, 0) is 43.0 Å². The fourth-order valence-electron chi connectivity index (χ4n) is 3.78. The summed E-state index contributed by atoms with van der Waals surface area (Å²) in [6.07, 6.45) is 9.39. The lowest BCUT2D eigenvalue weighted by Gasteiger charge is -2.23. The molecule has 158 valence electrons. The highest BCUT2D eigenvalue weighted by Gasteiger charge is 2.16. The maximum Gasteiger partial charge on any atom is 0.158 e. The van der Waals surface area contributed by atoms with E-state index in [1.54, 1.807) is 7.11 Å². The van der Waals surface area contributed by atoms with Crippen LogP contribution in [0.25, 0.3) is 11.3 Å². The van der Waals surface area contributed by atoms with Gasteiger partial charge in [-0.1, -0.05) is 19.3 Å². The van der Waals surface area contributed by atoms with E-state index in [1.165, 1.54) is 44.5 Å². The number of nitrogens with zero attached hydrogens (tertiary/aromatic N) is 5. The fourth-order valence-corrected chi connectivity index (χ4v) is 3.78. The Morgan fingerprint density at radius 3 is 2.52 bits per heavy atom. The van der Waals surface area contributed by atoms with Gasteiger partial charge in [-0.3, -0.25) is 0 Å². The molecule has 8 heteroatoms. The van der Waals surface area contributed by atoms with Crippen molar-refractivity contribution in [3.63, 3.8) is 0 Å². The van der Waals surface area contributed by atoms with Crippen LogP contribution in [0.5, 0.6) is 5.75 Å². The van der Waals surface area contributed by atoms with Crippen LogP contribution in [-0.2, 0) is 0 Å². The van der Waals surface area contributed by atoms with Gasteiger partial charge in [0.1, 0.15) is 23.3 Å². The van der Waals surface area contributed by atoms with Gasteiger partial charge in [0.2, 0.25) is 0 Å². The lowest BCUT2D eigenvalue weighted by molar-refractivity contribution is 0.373. The SMILES string of the molecule is COc1ccc(-c2nnc(Nc3cnc(C#N)cn3)cc2NCC2CCCCC2)cc1. The molecule has 1 aliphatic carbocycles. The predicted molar refractivity (Wildman–Crippen MR) is 119 cm³/mol. The van der Waals surface area contributed by atoms with Gasteiger partial charge in [-0.2, -0.15) is 5.26 Å². The molecule has 1 aliphatic rings. The molecular formula is C23H25N7O. The van der Waals surface area contributed by atoms with Gasteiger partial charge in [-0.15, -0.1) is 10.2 Å². The molecule has 0 spiro atoms. The van der Waals surface area contributed by atoms with Crippen molar-refractivity contribution in [3.8, 4) is 23.1 Å². The van der Waals surface area contributed by atoms with Crippen molar-refractivity contribution < 1.29 is 4.74 Å². The Bertz CT molecular complexity index is 1040. The molecule has 1 fully saturated rings. The minimum Gasteiger partial charge on any atom is -0.497 e. The zero-order valence-corrected chi connectivity index (χ0v) is 17.5. The highest BCUT2D eigenvalue weighted by Crippen LogP contribution is 2.30. The van der Waals surface area contributed by atoms with Gasteiger partial charge in [0.25, 0.3) is 0 Å². The fraction of sp³-hybridized carbons (Fsp3) is 0.348. The molecule has 0 atom stereocenters. The first-order valence-electron chi connectivity index (χ1n) is 10.5. The molecule has 8 nitrogen and oxygen atoms in total. The maximum absolute atomic E-state index is 8.88. The van der Waals surface area contributed by atoms with Crippen LogP contribution in [-0.4, -0.2) is 33.8 Å². The van der Waals surface area contributed by atoms with Crippen molar-refractivity contribution in [3.05, 3.63) is 48.4 Å². The molecular weight excluding hydrogens is 390 g/mol. The number of anilines is 3. The summed E-state index contributed by atoms with van der Waals surface area (Å²) in [7, 11) is 1.65. The Balaban J connectivity index is 1.58. The molecule has 1 aromatic carbocycles. The minimum atomic E-state index is 0.265. The molecule has 2 N–H and O–H groups in total. The second kappa shape index (κ2) is 9.85. The Kier molecular flexibility index (Phi) is 6.53. The van der Waals surface area contributed by atoms with Crippen LogP contribution >= 0.6 is 0 Å². The van der Waals surface area contributed by atoms with E-state index in [-0.39, 0.29) is 5.69 Å². The average molecular weight is 416 g/mol. The molecule has 4 rings (SSSR count). The lowest BCUT2D eigenvalue weighted by atomic mass is 9.89. The highest BCUT2D eigenvalue weighted by molar-refractivity contribution is 5.76. The van der Waals surface area contributed by atoms with E-state index in [9.17, 15) is 0 Å². The van der Waals surface area contributed by atoms with Gasteiger partial charge >= 0.3 is 0 Å². The first-order chi connectivity index (χ1) is 15.2. The van der Waals surface area contributed by atoms with Crippen molar-refractivity contribution in [2.45, 2.75) is 32.1 Å². The molecule has 1 saturated carbocycles. The van der Waals surface area contributed by atoms with Gasteiger partial charge in [0.05, 0.1) is 25.2 Å². The van der Waals surface area contributed by atoms with Crippen LogP contribution < -0.4 is 15.4 Å². The number of hydrogen-bond donors (Lipinski definition) is 2. The Labute approximate surface area is 181 Å². The smallest absolute Gasteiger partial charge is 0.158 e. The van der Waals surface area contributed by atoms with Crippen molar-refractivity contribution >= 4 is 17.3 Å². The number of ether oxygens (including phenoxy) is 1. The summed E-state index contributed by atoms with van der Waals surface area (Å²) in [6.45, 7) is 0.908. The van der Waals surface area contributed by atoms with Crippen molar-refractivity contribution in [1.82, 2.24) is 20.2 Å². The van der Waals surface area contributed by atoms with Crippen LogP contribution in [0.15, 0.2) is 42.7 Å². The molecule has 0 saturated heterocycles. The van der Waals surface area contributed by atoms with E-state index < -0.39 is 0 Å². The van der Waals surface area contributed by atoms with E-state index in [0.29, 0.717) is 17.6 Å². The average Bonchev–Trinajstić information content (AvgIpc) is 2.84. The van der Waals surface area contributed by atoms with E-state index in [0.717, 1.165) is 29.2 Å². The topological polar surface area (TPSA) is 109 Å². The van der Waals surface area contributed by atoms with Crippen molar-refractivity contribution in [2.75, 3.05) is 24.3 Å². The molecule has 0 radical (unpaired) electrons. The summed E-state index contributed by atoms with van der Waals surface area (Å²) < 4.78 is 5.27. The second-order valence-corrected chi connectivity index (χ2v) is 7.63. The number of aromatic nitrogens is 4. The third kappa shape index (κ3) is 5.25. The van der Waals surface area contributed by atoms with E-state index in [2.05, 4.69) is 30.8 Å². The first kappa shape index (κ1) is 20.5. The largest absolute Gasteiger partial charge is 0.497 e. The van der Waals surface area contributed by atoms with Crippen LogP contribution in [0.3, 0.4) is 0 Å². The first-order valence-corrected chi connectivity index (χ1v) is 10.5. The van der Waals surface area contributed by atoms with Gasteiger partial charge in [0.15, 0.2) is 11.5 Å². The lowest BCUT2D eigenvalue weighted by Crippen LogP contribution is -2.18. The monoisotopic (exact) mass is 415 g/mol. The number of nitriles is 1. The number of rotatable bonds is 7. The van der Waals surface area contributed by atoms with E-state index >= 15 is 0 Å². The standard InChI is InChI=1S/C23H25N7O/c1-31-19-9-7-17(8-10-19)23-20(26-13-16-5-3-2-4-6-16)11-21(29-30-23)28-22-15-25-18(12-24)14-27-22/h7-11,14-16H,2-6,13H2,1H3,(H2,26,27,28,29). The quantitative estimate of drug-likeness (QED) is 0.578. The maximum atomic E-state index is 8.88. The third-order valence-corrected chi connectivity index (χ3v) is 5.49. The number of methoxy groups -OCH3 is 1. The van der Waals surface area contributed by atoms with E-state index in [4.69, 9.17) is 10.00 Å². The summed E-state index contributed by atoms with van der Waals surface area (Å²) in [5.41, 5.74) is 2.93. The molecule has 0 aliphatic heterocycles. The molecule has 31 heavy (non-hydrogen) atoms. The third-order valence-electron chi connectivity index (χ3n) is 5.49. The van der Waals surface area contributed by atoms with Crippen molar-refractivity contribution in [1.29, 1.82) is 5.26 Å². The molecule has 0 unspecified atom stereocenters. The summed E-state index contributed by atoms with van der Waals surface area (Å²) >= 11 is 0. The van der Waals surface area contributed by atoms with Gasteiger partial charge < -0.3 is 15.4 Å². The van der Waals surface area contributed by atoms with Gasteiger partial charge in [0, 0.05) is 18.2 Å². The molecule has 0 bridgehead atoms. The minimum absolute atomic E-state index is 0.265. The normalized spacial score (nSPS) is 13.9. The summed E-state index contributed by atoms with van der Waals surface area (Å²) in [5.74, 6) is 2.53. The zero-order valence-electron chi connectivity index (χ0n) is 17.5. The molecule has 2 aromatic heterocycles. The Morgan fingerprint density at radius 1 is 1.03 bits per heavy atom. The molecule has 0 amide bonds. The van der Waals surface area contributed by atoms with Crippen LogP contribution in [0, 0.1) is 17.2 Å². The van der Waals surface area contributed by atoms with Crippen LogP contribution in [0.2, 0.25) is 0 Å². The molecule has 2 heterocycles. The van der Waals surface area contributed by atoms with E-state index in [1.807, 2.05) is 36.4 Å². The Hall–Kier alpha value is -3.73. The number of hydrogen-bond acceptors (Lipinski definition) is 8.